The van der Waals surface area contributed by atoms with Crippen LogP contribution in [0.1, 0.15) is 43.5 Å². The second kappa shape index (κ2) is 9.41. The smallest absolute Gasteiger partial charge is 0.261 e. The summed E-state index contributed by atoms with van der Waals surface area (Å²) >= 11 is 2.83. The third-order valence-electron chi connectivity index (χ3n) is 4.33. The van der Waals surface area contributed by atoms with E-state index >= 15 is 0 Å². The van der Waals surface area contributed by atoms with Gasteiger partial charge in [-0.1, -0.05) is 43.4 Å². The summed E-state index contributed by atoms with van der Waals surface area (Å²) in [5, 5.41) is 11.4. The minimum Gasteiger partial charge on any atom is -0.496 e. The molecule has 1 amide bonds. The van der Waals surface area contributed by atoms with Crippen molar-refractivity contribution < 1.29 is 17.9 Å². The number of carbonyl (C=O) groups excluding carboxylic acids is 1. The largest absolute Gasteiger partial charge is 0.496 e. The van der Waals surface area contributed by atoms with Crippen LogP contribution in [0.4, 0.5) is 5.13 Å². The molecule has 0 atom stereocenters. The Morgan fingerprint density at radius 1 is 1.24 bits per heavy atom. The molecule has 11 heteroatoms. The van der Waals surface area contributed by atoms with Crippen molar-refractivity contribution in [1.82, 2.24) is 14.5 Å². The zero-order chi connectivity index (χ0) is 21.0. The fraction of sp³-hybridized carbons (Fsp3) is 0.500. The Labute approximate surface area is 179 Å². The number of ether oxygens (including phenoxy) is 1. The summed E-state index contributed by atoms with van der Waals surface area (Å²) in [5.74, 6) is -0.198. The molecule has 0 aliphatic carbocycles. The van der Waals surface area contributed by atoms with Crippen LogP contribution in [0.2, 0.25) is 0 Å². The number of rotatable bonds is 7. The average molecular weight is 457 g/mol. The zero-order valence-electron chi connectivity index (χ0n) is 16.5. The molecule has 1 N–H and O–H groups in total. The number of hydrogen-bond donors (Lipinski definition) is 1. The van der Waals surface area contributed by atoms with Gasteiger partial charge in [0, 0.05) is 18.3 Å². The lowest BCUT2D eigenvalue weighted by Gasteiger charge is -2.26. The van der Waals surface area contributed by atoms with Gasteiger partial charge in [-0.25, -0.2) is 8.42 Å². The van der Waals surface area contributed by atoms with Crippen molar-refractivity contribution in [3.05, 3.63) is 23.8 Å². The number of thioether (sulfide) groups is 1. The van der Waals surface area contributed by atoms with E-state index in [0.717, 1.165) is 23.6 Å². The summed E-state index contributed by atoms with van der Waals surface area (Å²) in [6.07, 6.45) is 2.72. The van der Waals surface area contributed by atoms with Crippen LogP contribution >= 0.6 is 23.1 Å². The molecule has 0 unspecified atom stereocenters. The van der Waals surface area contributed by atoms with Crippen LogP contribution in [-0.2, 0) is 10.0 Å². The molecule has 1 aliphatic rings. The number of anilines is 1. The Morgan fingerprint density at radius 3 is 2.62 bits per heavy atom. The molecule has 1 aromatic carbocycles. The predicted octanol–water partition coefficient (Wildman–Crippen LogP) is 3.47. The van der Waals surface area contributed by atoms with Crippen LogP contribution in [0.25, 0.3) is 0 Å². The SMILES string of the molecule is COc1ccc(S(=O)(=O)N2CCCCC2)cc1C(=O)Nc1nnc(SC(C)C)s1. The molecule has 0 spiro atoms. The van der Waals surface area contributed by atoms with Crippen LogP contribution in [0.15, 0.2) is 27.4 Å². The number of nitrogens with one attached hydrogen (secondary N) is 1. The first-order chi connectivity index (χ1) is 13.8. The lowest BCUT2D eigenvalue weighted by Crippen LogP contribution is -2.35. The number of sulfonamides is 1. The van der Waals surface area contributed by atoms with E-state index in [1.54, 1.807) is 11.8 Å². The molecule has 2 heterocycles. The van der Waals surface area contributed by atoms with Gasteiger partial charge in [-0.2, -0.15) is 4.31 Å². The fourth-order valence-corrected chi connectivity index (χ4v) is 6.47. The number of piperidine rings is 1. The highest BCUT2D eigenvalue weighted by Gasteiger charge is 2.28. The number of methoxy groups -OCH3 is 1. The van der Waals surface area contributed by atoms with Crippen molar-refractivity contribution in [3.63, 3.8) is 0 Å². The van der Waals surface area contributed by atoms with E-state index in [1.165, 1.54) is 41.0 Å². The van der Waals surface area contributed by atoms with Crippen LogP contribution in [0, 0.1) is 0 Å². The fourth-order valence-electron chi connectivity index (χ4n) is 2.95. The van der Waals surface area contributed by atoms with Crippen molar-refractivity contribution >= 4 is 44.2 Å². The predicted molar refractivity (Wildman–Crippen MR) is 114 cm³/mol. The quantitative estimate of drug-likeness (QED) is 0.503. The maximum absolute atomic E-state index is 13.0. The Kier molecular flexibility index (Phi) is 7.14. The maximum Gasteiger partial charge on any atom is 0.261 e. The van der Waals surface area contributed by atoms with Gasteiger partial charge >= 0.3 is 0 Å². The highest BCUT2D eigenvalue weighted by atomic mass is 32.2. The van der Waals surface area contributed by atoms with E-state index in [9.17, 15) is 13.2 Å². The minimum atomic E-state index is -3.66. The number of aromatic nitrogens is 2. The van der Waals surface area contributed by atoms with E-state index in [-0.39, 0.29) is 10.5 Å². The lowest BCUT2D eigenvalue weighted by atomic mass is 10.2. The zero-order valence-corrected chi connectivity index (χ0v) is 19.0. The molecule has 0 radical (unpaired) electrons. The van der Waals surface area contributed by atoms with Gasteiger partial charge in [-0.15, -0.1) is 10.2 Å². The Hall–Kier alpha value is -1.69. The van der Waals surface area contributed by atoms with Crippen LogP contribution in [0.3, 0.4) is 0 Å². The van der Waals surface area contributed by atoms with E-state index in [4.69, 9.17) is 4.74 Å². The summed E-state index contributed by atoms with van der Waals surface area (Å²) in [6.45, 7) is 5.08. The summed E-state index contributed by atoms with van der Waals surface area (Å²) < 4.78 is 33.4. The lowest BCUT2D eigenvalue weighted by molar-refractivity contribution is 0.102. The maximum atomic E-state index is 13.0. The summed E-state index contributed by atoms with van der Waals surface area (Å²) in [7, 11) is -2.22. The summed E-state index contributed by atoms with van der Waals surface area (Å²) in [5.41, 5.74) is 0.138. The second-order valence-electron chi connectivity index (χ2n) is 6.82. The Bertz CT molecular complexity index is 969. The van der Waals surface area contributed by atoms with Crippen molar-refractivity contribution in [1.29, 1.82) is 0 Å². The number of amides is 1. The molecule has 3 rings (SSSR count). The highest BCUT2D eigenvalue weighted by Crippen LogP contribution is 2.30. The van der Waals surface area contributed by atoms with Gasteiger partial charge in [0.05, 0.1) is 17.6 Å². The molecule has 29 heavy (non-hydrogen) atoms. The number of nitrogens with zero attached hydrogens (tertiary/aromatic N) is 3. The molecule has 2 aromatic rings. The van der Waals surface area contributed by atoms with Crippen molar-refractivity contribution in [2.24, 2.45) is 0 Å². The highest BCUT2D eigenvalue weighted by molar-refractivity contribution is 8.01. The molecule has 158 valence electrons. The van der Waals surface area contributed by atoms with Gasteiger partial charge < -0.3 is 4.74 Å². The molecular weight excluding hydrogens is 432 g/mol. The van der Waals surface area contributed by atoms with Gasteiger partial charge in [0.15, 0.2) is 4.34 Å². The third-order valence-corrected chi connectivity index (χ3v) is 8.15. The van der Waals surface area contributed by atoms with E-state index in [1.807, 2.05) is 13.8 Å². The van der Waals surface area contributed by atoms with Crippen LogP contribution < -0.4 is 10.1 Å². The van der Waals surface area contributed by atoms with Gasteiger partial charge in [-0.05, 0) is 31.0 Å². The monoisotopic (exact) mass is 456 g/mol. The van der Waals surface area contributed by atoms with Crippen LogP contribution in [-0.4, -0.2) is 54.3 Å². The topological polar surface area (TPSA) is 101 Å². The molecule has 8 nitrogen and oxygen atoms in total. The molecule has 1 aromatic heterocycles. The molecule has 1 fully saturated rings. The standard InChI is InChI=1S/C18H24N4O4S3/c1-12(2)27-18-21-20-17(28-18)19-16(23)14-11-13(7-8-15(14)26-3)29(24,25)22-9-5-4-6-10-22/h7-8,11-12H,4-6,9-10H2,1-3H3,(H,19,20,23). The first-order valence-corrected chi connectivity index (χ1v) is 12.4. The van der Waals surface area contributed by atoms with E-state index in [2.05, 4.69) is 15.5 Å². The van der Waals surface area contributed by atoms with Gasteiger partial charge in [0.2, 0.25) is 15.2 Å². The molecule has 0 saturated carbocycles. The minimum absolute atomic E-state index is 0.0821. The van der Waals surface area contributed by atoms with Crippen molar-refractivity contribution in [2.45, 2.75) is 47.6 Å². The number of carbonyl (C=O) groups is 1. The first-order valence-electron chi connectivity index (χ1n) is 9.31. The Balaban J connectivity index is 1.84. The van der Waals surface area contributed by atoms with E-state index < -0.39 is 15.9 Å². The molecule has 1 aliphatic heterocycles. The van der Waals surface area contributed by atoms with Crippen LogP contribution in [0.5, 0.6) is 5.75 Å². The Morgan fingerprint density at radius 2 is 1.97 bits per heavy atom. The second-order valence-corrected chi connectivity index (χ2v) is 11.6. The molecular formula is C18H24N4O4S3. The van der Waals surface area contributed by atoms with Gasteiger partial charge in [-0.3, -0.25) is 10.1 Å². The van der Waals surface area contributed by atoms with Gasteiger partial charge in [0.1, 0.15) is 5.75 Å². The number of benzene rings is 1. The van der Waals surface area contributed by atoms with Crippen molar-refractivity contribution in [3.8, 4) is 5.75 Å². The normalized spacial score (nSPS) is 15.4. The average Bonchev–Trinajstić information content (AvgIpc) is 3.14. The summed E-state index contributed by atoms with van der Waals surface area (Å²) in [4.78, 5) is 12.9. The third kappa shape index (κ3) is 5.27. The summed E-state index contributed by atoms with van der Waals surface area (Å²) in [6, 6.07) is 4.34. The van der Waals surface area contributed by atoms with Gasteiger partial charge in [0.25, 0.3) is 5.91 Å². The molecule has 0 bridgehead atoms. The number of hydrogen-bond acceptors (Lipinski definition) is 8. The van der Waals surface area contributed by atoms with Crippen molar-refractivity contribution in [2.75, 3.05) is 25.5 Å². The first kappa shape index (κ1) is 22.0. The van der Waals surface area contributed by atoms with E-state index in [0.29, 0.717) is 29.2 Å². The molecule has 1 saturated heterocycles.